The maximum absolute atomic E-state index is 12.4. The zero-order valence-electron chi connectivity index (χ0n) is 31.9. The van der Waals surface area contributed by atoms with Crippen LogP contribution in [-0.2, 0) is 28.2 Å². The monoisotopic (exact) mass is 742 g/mol. The lowest BCUT2D eigenvalue weighted by Crippen LogP contribution is -2.29. The SMILES string of the molecule is CCCCC[C@@H](O)/C=C/C=C\C/C=C\C=C\[C@@H](O)CCCC(=O)O[C@H](COC(=O)CCCCCCCCCCCCC(C)CC)COP(=O)(O)O. The van der Waals surface area contributed by atoms with Crippen LogP contribution in [0, 0.1) is 5.92 Å². The summed E-state index contributed by atoms with van der Waals surface area (Å²) < 4.78 is 26.2. The van der Waals surface area contributed by atoms with Crippen LogP contribution in [0.4, 0.5) is 0 Å². The molecule has 0 aliphatic heterocycles. The Balaban J connectivity index is 4.23. The molecule has 4 atom stereocenters. The average molecular weight is 743 g/mol. The van der Waals surface area contributed by atoms with Crippen molar-refractivity contribution in [2.24, 2.45) is 5.92 Å². The van der Waals surface area contributed by atoms with Gasteiger partial charge in [0.2, 0.25) is 0 Å². The Morgan fingerprint density at radius 3 is 1.71 bits per heavy atom. The van der Waals surface area contributed by atoms with Crippen molar-refractivity contribution in [1.82, 2.24) is 0 Å². The number of hydrogen-bond acceptors (Lipinski definition) is 8. The number of phosphoric acid groups is 1. The minimum absolute atomic E-state index is 0.0368. The van der Waals surface area contributed by atoms with Gasteiger partial charge in [0, 0.05) is 12.8 Å². The van der Waals surface area contributed by atoms with E-state index < -0.39 is 44.7 Å². The lowest BCUT2D eigenvalue weighted by molar-refractivity contribution is -0.161. The first kappa shape index (κ1) is 48.9. The molecule has 0 rings (SSSR count). The van der Waals surface area contributed by atoms with E-state index in [2.05, 4.69) is 25.3 Å². The Labute approximate surface area is 309 Å². The maximum Gasteiger partial charge on any atom is 0.469 e. The Morgan fingerprint density at radius 2 is 1.16 bits per heavy atom. The minimum atomic E-state index is -4.82. The lowest BCUT2D eigenvalue weighted by atomic mass is 9.99. The topological polar surface area (TPSA) is 160 Å². The van der Waals surface area contributed by atoms with Gasteiger partial charge in [-0.05, 0) is 38.0 Å². The Kier molecular flexibility index (Phi) is 32.4. The molecule has 0 saturated heterocycles. The largest absolute Gasteiger partial charge is 0.469 e. The molecule has 4 N–H and O–H groups in total. The fraction of sp³-hybridized carbons (Fsp3) is 0.750. The highest BCUT2D eigenvalue weighted by Gasteiger charge is 2.23. The molecule has 0 aromatic heterocycles. The molecule has 0 aromatic rings. The summed E-state index contributed by atoms with van der Waals surface area (Å²) in [6.45, 7) is 5.72. The van der Waals surface area contributed by atoms with Crippen molar-refractivity contribution in [3.05, 3.63) is 48.6 Å². The normalized spacial score (nSPS) is 14.9. The van der Waals surface area contributed by atoms with Crippen molar-refractivity contribution >= 4 is 19.8 Å². The second-order valence-corrected chi connectivity index (χ2v) is 14.8. The van der Waals surface area contributed by atoms with Gasteiger partial charge in [-0.3, -0.25) is 14.1 Å². The first-order chi connectivity index (χ1) is 24.5. The van der Waals surface area contributed by atoms with E-state index >= 15 is 0 Å². The molecule has 1 unspecified atom stereocenters. The smallest absolute Gasteiger partial charge is 0.462 e. The Morgan fingerprint density at radius 1 is 0.647 bits per heavy atom. The third-order valence-electron chi connectivity index (χ3n) is 8.60. The van der Waals surface area contributed by atoms with E-state index in [1.807, 2.05) is 30.4 Å². The summed E-state index contributed by atoms with van der Waals surface area (Å²) in [7, 11) is -4.82. The molecule has 0 heterocycles. The third-order valence-corrected chi connectivity index (χ3v) is 9.08. The summed E-state index contributed by atoms with van der Waals surface area (Å²) >= 11 is 0. The van der Waals surface area contributed by atoms with Crippen LogP contribution in [-0.4, -0.2) is 63.5 Å². The predicted molar refractivity (Wildman–Crippen MR) is 205 cm³/mol. The van der Waals surface area contributed by atoms with Crippen LogP contribution in [0.25, 0.3) is 0 Å². The summed E-state index contributed by atoms with van der Waals surface area (Å²) in [6.07, 6.45) is 31.9. The van der Waals surface area contributed by atoms with E-state index in [0.29, 0.717) is 25.7 Å². The van der Waals surface area contributed by atoms with Gasteiger partial charge in [-0.1, -0.05) is 159 Å². The summed E-state index contributed by atoms with van der Waals surface area (Å²) in [6, 6.07) is 0. The Hall–Kier alpha value is -2.07. The molecular weight excluding hydrogens is 671 g/mol. The highest BCUT2D eigenvalue weighted by molar-refractivity contribution is 7.46. The van der Waals surface area contributed by atoms with Gasteiger partial charge in [0.25, 0.3) is 0 Å². The summed E-state index contributed by atoms with van der Waals surface area (Å²) in [5.41, 5.74) is 0. The summed E-state index contributed by atoms with van der Waals surface area (Å²) in [4.78, 5) is 42.7. The molecule has 0 aliphatic carbocycles. The molecule has 0 aliphatic rings. The van der Waals surface area contributed by atoms with E-state index in [9.17, 15) is 24.4 Å². The predicted octanol–water partition coefficient (Wildman–Crippen LogP) is 9.37. The van der Waals surface area contributed by atoms with Gasteiger partial charge < -0.3 is 29.5 Å². The van der Waals surface area contributed by atoms with Crippen LogP contribution in [0.2, 0.25) is 0 Å². The zero-order chi connectivity index (χ0) is 38.0. The second kappa shape index (κ2) is 33.7. The van der Waals surface area contributed by atoms with Crippen LogP contribution >= 0.6 is 7.82 Å². The van der Waals surface area contributed by atoms with Gasteiger partial charge in [0.15, 0.2) is 6.10 Å². The number of rotatable bonds is 34. The molecule has 0 spiro atoms. The standard InChI is InChI=1S/C40H71O10P/c1-4-6-20-27-36(41)28-22-17-13-11-14-18-23-29-37(42)30-25-32-40(44)50-38(34-49-51(45,46)47)33-48-39(43)31-24-19-15-10-8-7-9-12-16-21-26-35(3)5-2/h13-14,17-18,22-23,28-29,35-38,41-42H,4-12,15-16,19-21,24-27,30-34H2,1-3H3,(H2,45,46,47)/b17-13-,18-14-,28-22+,29-23+/t35?,36-,37-,38-/m1/s1. The molecule has 11 heteroatoms. The second-order valence-electron chi connectivity index (χ2n) is 13.6. The average Bonchev–Trinajstić information content (AvgIpc) is 3.08. The van der Waals surface area contributed by atoms with Gasteiger partial charge >= 0.3 is 19.8 Å². The van der Waals surface area contributed by atoms with E-state index in [1.165, 1.54) is 51.4 Å². The number of carbonyl (C=O) groups excluding carboxylic acids is 2. The number of ether oxygens (including phenoxy) is 2. The maximum atomic E-state index is 12.4. The van der Waals surface area contributed by atoms with Crippen molar-refractivity contribution in [2.45, 2.75) is 174 Å². The number of carbonyl (C=O) groups is 2. The number of phosphoric ester groups is 1. The quantitative estimate of drug-likeness (QED) is 0.0217. The number of aliphatic hydroxyl groups excluding tert-OH is 2. The van der Waals surface area contributed by atoms with Crippen molar-refractivity contribution in [2.75, 3.05) is 13.2 Å². The first-order valence-corrected chi connectivity index (χ1v) is 21.1. The number of allylic oxidation sites excluding steroid dienone is 6. The molecule has 10 nitrogen and oxygen atoms in total. The van der Waals surface area contributed by atoms with Crippen LogP contribution in [0.5, 0.6) is 0 Å². The molecule has 296 valence electrons. The van der Waals surface area contributed by atoms with E-state index in [4.69, 9.17) is 19.3 Å². The minimum Gasteiger partial charge on any atom is -0.462 e. The van der Waals surface area contributed by atoms with Crippen LogP contribution in [0.15, 0.2) is 48.6 Å². The van der Waals surface area contributed by atoms with Crippen LogP contribution < -0.4 is 0 Å². The van der Waals surface area contributed by atoms with Crippen molar-refractivity contribution in [3.63, 3.8) is 0 Å². The highest BCUT2D eigenvalue weighted by atomic mass is 31.2. The van der Waals surface area contributed by atoms with Crippen LogP contribution in [0.3, 0.4) is 0 Å². The zero-order valence-corrected chi connectivity index (χ0v) is 32.8. The molecule has 0 amide bonds. The van der Waals surface area contributed by atoms with Gasteiger partial charge in [0.05, 0.1) is 18.8 Å². The third kappa shape index (κ3) is 36.1. The number of unbranched alkanes of at least 4 members (excludes halogenated alkanes) is 11. The Bertz CT molecular complexity index is 1020. The highest BCUT2D eigenvalue weighted by Crippen LogP contribution is 2.36. The van der Waals surface area contributed by atoms with Gasteiger partial charge in [-0.25, -0.2) is 4.57 Å². The van der Waals surface area contributed by atoms with E-state index in [0.717, 1.165) is 50.9 Å². The van der Waals surface area contributed by atoms with Gasteiger partial charge in [-0.2, -0.15) is 0 Å². The molecule has 0 bridgehead atoms. The fourth-order valence-electron chi connectivity index (χ4n) is 5.21. The number of esters is 2. The van der Waals surface area contributed by atoms with Crippen LogP contribution in [0.1, 0.15) is 156 Å². The van der Waals surface area contributed by atoms with Gasteiger partial charge in [-0.15, -0.1) is 0 Å². The summed E-state index contributed by atoms with van der Waals surface area (Å²) in [5, 5.41) is 20.0. The molecule has 0 radical (unpaired) electrons. The lowest BCUT2D eigenvalue weighted by Gasteiger charge is -2.18. The van der Waals surface area contributed by atoms with Gasteiger partial charge in [0.1, 0.15) is 6.61 Å². The fourth-order valence-corrected chi connectivity index (χ4v) is 5.57. The molecule has 51 heavy (non-hydrogen) atoms. The molecule has 0 fully saturated rings. The van der Waals surface area contributed by atoms with Crippen molar-refractivity contribution in [1.29, 1.82) is 0 Å². The summed E-state index contributed by atoms with van der Waals surface area (Å²) in [5.74, 6) is -0.278. The van der Waals surface area contributed by atoms with Crippen molar-refractivity contribution in [3.8, 4) is 0 Å². The first-order valence-electron chi connectivity index (χ1n) is 19.5. The number of hydrogen-bond donors (Lipinski definition) is 4. The van der Waals surface area contributed by atoms with Crippen molar-refractivity contribution < 1.29 is 48.2 Å². The van der Waals surface area contributed by atoms with E-state index in [-0.39, 0.29) is 19.4 Å². The van der Waals surface area contributed by atoms with E-state index in [1.54, 1.807) is 18.2 Å². The number of aliphatic hydroxyl groups is 2. The molecule has 0 aromatic carbocycles. The molecule has 0 saturated carbocycles. The molecular formula is C40H71O10P.